The molecule has 4 aliphatic rings. The van der Waals surface area contributed by atoms with Gasteiger partial charge < -0.3 is 4.74 Å². The van der Waals surface area contributed by atoms with Gasteiger partial charge in [0.1, 0.15) is 6.61 Å². The molecule has 0 saturated heterocycles. The molecular weight excluding hydrogens is 424 g/mol. The number of hydrogen-bond donors (Lipinski definition) is 0. The highest BCUT2D eigenvalue weighted by Crippen LogP contribution is 2.65. The van der Waals surface area contributed by atoms with Crippen LogP contribution in [0.4, 0.5) is 0 Å². The number of hydrogen-bond acceptors (Lipinski definition) is 4. The number of fused-ring (bicyclic) bond motifs is 5. The Hall–Kier alpha value is -1.68. The van der Waals surface area contributed by atoms with Crippen molar-refractivity contribution in [3.63, 3.8) is 0 Å². The smallest absolute Gasteiger partial charge is 0.311 e. The highest BCUT2D eigenvalue weighted by Gasteiger charge is 2.61. The Labute approximate surface area is 196 Å². The van der Waals surface area contributed by atoms with E-state index in [1.165, 1.54) is 5.57 Å². The lowest BCUT2D eigenvalue weighted by Crippen LogP contribution is -2.49. The van der Waals surface area contributed by atoms with E-state index in [2.05, 4.69) is 26.8 Å². The zero-order valence-corrected chi connectivity index (χ0v) is 20.8. The molecule has 4 nitrogen and oxygen atoms in total. The Morgan fingerprint density at radius 2 is 1.94 bits per heavy atom. The van der Waals surface area contributed by atoms with Crippen LogP contribution in [0, 0.1) is 39.9 Å². The first-order valence-electron chi connectivity index (χ1n) is 11.8. The molecule has 0 aromatic carbocycles. The molecule has 174 valence electrons. The topological polar surface area (TPSA) is 60.4 Å². The highest BCUT2D eigenvalue weighted by atomic mass is 35.5. The van der Waals surface area contributed by atoms with Crippen LogP contribution in [-0.4, -0.2) is 29.5 Å². The minimum absolute atomic E-state index is 0.0221. The number of halogens is 1. The Bertz CT molecular complexity index is 951. The van der Waals surface area contributed by atoms with E-state index < -0.39 is 5.41 Å². The number of rotatable bonds is 3. The molecule has 2 saturated carbocycles. The van der Waals surface area contributed by atoms with Crippen LogP contribution in [0.25, 0.3) is 0 Å². The molecule has 0 bridgehead atoms. The van der Waals surface area contributed by atoms with Crippen LogP contribution in [0.15, 0.2) is 35.5 Å². The largest absolute Gasteiger partial charge is 0.457 e. The molecule has 4 rings (SSSR count). The molecule has 0 aromatic heterocycles. The van der Waals surface area contributed by atoms with E-state index in [-0.39, 0.29) is 64.0 Å². The number of alkyl halides is 1. The average Bonchev–Trinajstić information content (AvgIpc) is 2.96. The van der Waals surface area contributed by atoms with Gasteiger partial charge in [-0.2, -0.15) is 0 Å². The maximum Gasteiger partial charge on any atom is 0.311 e. The van der Waals surface area contributed by atoms with E-state index in [9.17, 15) is 14.4 Å². The van der Waals surface area contributed by atoms with E-state index in [0.717, 1.165) is 18.4 Å². The van der Waals surface area contributed by atoms with Crippen molar-refractivity contribution < 1.29 is 19.1 Å². The van der Waals surface area contributed by atoms with Crippen molar-refractivity contribution in [3.8, 4) is 0 Å². The van der Waals surface area contributed by atoms with Gasteiger partial charge >= 0.3 is 5.97 Å². The lowest BCUT2D eigenvalue weighted by molar-refractivity contribution is -0.157. The van der Waals surface area contributed by atoms with Gasteiger partial charge in [-0.25, -0.2) is 0 Å². The third-order valence-corrected chi connectivity index (χ3v) is 9.01. The van der Waals surface area contributed by atoms with Gasteiger partial charge in [0.25, 0.3) is 0 Å². The SMILES string of the molecule is C[C@@H]1C[C@H]2[C@H]3C(=CC[C@]2(C)[C@H]1C(=O)COC(=O)C(C)(C)C)[C@@]1(C)C=CC(=O)C=C1C[C@H]3Cl. The average molecular weight is 459 g/mol. The van der Waals surface area contributed by atoms with Crippen LogP contribution in [0.2, 0.25) is 0 Å². The van der Waals surface area contributed by atoms with Crippen molar-refractivity contribution in [2.45, 2.75) is 66.2 Å². The van der Waals surface area contributed by atoms with Gasteiger partial charge in [-0.1, -0.05) is 37.1 Å². The number of ether oxygens (including phenoxy) is 1. The summed E-state index contributed by atoms with van der Waals surface area (Å²) in [6.07, 6.45) is 10.2. The molecule has 0 aromatic rings. The molecule has 0 heterocycles. The van der Waals surface area contributed by atoms with Crippen LogP contribution < -0.4 is 0 Å². The predicted molar refractivity (Wildman–Crippen MR) is 125 cm³/mol. The summed E-state index contributed by atoms with van der Waals surface area (Å²) >= 11 is 7.00. The van der Waals surface area contributed by atoms with Crippen LogP contribution in [-0.2, 0) is 19.1 Å². The van der Waals surface area contributed by atoms with E-state index in [0.29, 0.717) is 6.42 Å². The molecule has 0 radical (unpaired) electrons. The third kappa shape index (κ3) is 3.54. The molecule has 0 aliphatic heterocycles. The van der Waals surface area contributed by atoms with E-state index in [1.54, 1.807) is 32.9 Å². The zero-order chi connectivity index (χ0) is 23.6. The molecule has 5 heteroatoms. The summed E-state index contributed by atoms with van der Waals surface area (Å²) in [4.78, 5) is 37.5. The minimum Gasteiger partial charge on any atom is -0.457 e. The quantitative estimate of drug-likeness (QED) is 0.320. The summed E-state index contributed by atoms with van der Waals surface area (Å²) < 4.78 is 5.40. The first kappa shape index (κ1) is 23.5. The molecule has 4 aliphatic carbocycles. The minimum atomic E-state index is -0.625. The molecule has 2 fully saturated rings. The fraction of sp³-hybridized carbons (Fsp3) is 0.667. The Morgan fingerprint density at radius 1 is 1.25 bits per heavy atom. The van der Waals surface area contributed by atoms with Crippen molar-refractivity contribution in [2.24, 2.45) is 39.9 Å². The number of carbonyl (C=O) groups excluding carboxylic acids is 3. The number of Topliss-reactive ketones (excluding diaryl/α,β-unsaturated/α-hetero) is 1. The number of ketones is 2. The lowest BCUT2D eigenvalue weighted by atomic mass is 9.52. The number of esters is 1. The second-order valence-electron chi connectivity index (χ2n) is 11.8. The van der Waals surface area contributed by atoms with Crippen LogP contribution in [0.3, 0.4) is 0 Å². The van der Waals surface area contributed by atoms with Crippen molar-refractivity contribution in [3.05, 3.63) is 35.5 Å². The Morgan fingerprint density at radius 3 is 2.59 bits per heavy atom. The molecule has 0 unspecified atom stereocenters. The maximum atomic E-state index is 13.3. The van der Waals surface area contributed by atoms with Crippen LogP contribution >= 0.6 is 11.6 Å². The fourth-order valence-corrected chi connectivity index (χ4v) is 7.43. The Kier molecular flexibility index (Phi) is 5.64. The summed E-state index contributed by atoms with van der Waals surface area (Å²) in [6.45, 7) is 11.8. The van der Waals surface area contributed by atoms with Gasteiger partial charge in [-0.15, -0.1) is 11.6 Å². The lowest BCUT2D eigenvalue weighted by Gasteiger charge is -2.53. The molecule has 0 spiro atoms. The maximum absolute atomic E-state index is 13.3. The fourth-order valence-electron chi connectivity index (χ4n) is 6.95. The number of carbonyl (C=O) groups is 3. The van der Waals surface area contributed by atoms with Crippen LogP contribution in [0.5, 0.6) is 0 Å². The van der Waals surface area contributed by atoms with Gasteiger partial charge in [0, 0.05) is 22.6 Å². The zero-order valence-electron chi connectivity index (χ0n) is 20.0. The van der Waals surface area contributed by atoms with Crippen molar-refractivity contribution >= 4 is 29.1 Å². The second-order valence-corrected chi connectivity index (χ2v) is 12.4. The standard InChI is InChI=1S/C27H35ClO4/c1-15-11-19-22-18(26(5)9-7-17(29)12-16(26)13-20(22)28)8-10-27(19,6)23(15)21(30)14-32-24(31)25(2,3)4/h7-9,12,15,19-20,22-23H,10-11,13-14H2,1-6H3/t15-,19+,20-,22-,23-,26+,27+/m1/s1. The Balaban J connectivity index is 1.63. The van der Waals surface area contributed by atoms with E-state index >= 15 is 0 Å². The summed E-state index contributed by atoms with van der Waals surface area (Å²) in [5.74, 6) is 0.220. The van der Waals surface area contributed by atoms with Crippen molar-refractivity contribution in [1.82, 2.24) is 0 Å². The second kappa shape index (κ2) is 7.68. The normalized spacial score (nSPS) is 40.6. The highest BCUT2D eigenvalue weighted by molar-refractivity contribution is 6.21. The van der Waals surface area contributed by atoms with Crippen molar-refractivity contribution in [1.29, 1.82) is 0 Å². The van der Waals surface area contributed by atoms with Crippen molar-refractivity contribution in [2.75, 3.05) is 6.61 Å². The van der Waals surface area contributed by atoms with Gasteiger partial charge in [-0.05, 0) is 76.4 Å². The van der Waals surface area contributed by atoms with E-state index in [1.807, 2.05) is 6.08 Å². The van der Waals surface area contributed by atoms with Crippen LogP contribution in [0.1, 0.15) is 60.8 Å². The third-order valence-electron chi connectivity index (χ3n) is 8.58. The van der Waals surface area contributed by atoms with Gasteiger partial charge in [0.15, 0.2) is 11.6 Å². The van der Waals surface area contributed by atoms with Gasteiger partial charge in [0.05, 0.1) is 5.41 Å². The first-order valence-corrected chi connectivity index (χ1v) is 12.2. The predicted octanol–water partition coefficient (Wildman–Crippen LogP) is 5.45. The van der Waals surface area contributed by atoms with Gasteiger partial charge in [-0.3, -0.25) is 14.4 Å². The molecule has 32 heavy (non-hydrogen) atoms. The summed E-state index contributed by atoms with van der Waals surface area (Å²) in [6, 6.07) is 0. The first-order chi connectivity index (χ1) is 14.8. The number of allylic oxidation sites excluding steroid dienone is 6. The van der Waals surface area contributed by atoms with Gasteiger partial charge in [0.2, 0.25) is 0 Å². The van der Waals surface area contributed by atoms with E-state index in [4.69, 9.17) is 16.3 Å². The molecule has 0 N–H and O–H groups in total. The molecular formula is C27H35ClO4. The summed E-state index contributed by atoms with van der Waals surface area (Å²) in [5.41, 5.74) is 1.31. The molecule has 0 amide bonds. The monoisotopic (exact) mass is 458 g/mol. The molecule has 7 atom stereocenters. The summed E-state index contributed by atoms with van der Waals surface area (Å²) in [5, 5.41) is -0.0933. The summed E-state index contributed by atoms with van der Waals surface area (Å²) in [7, 11) is 0.